The molecule has 0 bridgehead atoms. The smallest absolute Gasteiger partial charge is 0.215 e. The van der Waals surface area contributed by atoms with Crippen LogP contribution in [0.3, 0.4) is 0 Å². The molecular weight excluding hydrogens is 302 g/mol. The molecule has 0 spiro atoms. The number of nitrogens with one attached hydrogen (secondary N) is 2. The van der Waals surface area contributed by atoms with Crippen molar-refractivity contribution in [3.8, 4) is 0 Å². The number of hydrogen-bond donors (Lipinski definition) is 3. The first-order valence-electron chi connectivity index (χ1n) is 6.75. The first-order valence-corrected chi connectivity index (χ1v) is 10.1. The summed E-state index contributed by atoms with van der Waals surface area (Å²) in [5.74, 6) is -0.334. The number of amidine groups is 1. The molecule has 0 aromatic carbocycles. The fraction of sp³-hybridized carbons (Fsp3) is 0.909. The van der Waals surface area contributed by atoms with Crippen molar-refractivity contribution in [2.24, 2.45) is 5.73 Å². The van der Waals surface area contributed by atoms with Crippen LogP contribution >= 0.6 is 0 Å². The third-order valence-electron chi connectivity index (χ3n) is 4.25. The van der Waals surface area contributed by atoms with Crippen molar-refractivity contribution in [3.63, 3.8) is 0 Å². The van der Waals surface area contributed by atoms with Crippen molar-refractivity contribution in [2.75, 3.05) is 11.5 Å². The van der Waals surface area contributed by atoms with Crippen LogP contribution in [0.1, 0.15) is 38.5 Å². The maximum atomic E-state index is 12.4. The standard InChI is InChI=1S/C11H21N3O4S2/c12-10(13)11(5-1-2-6-11)14-20(17,18)9-3-7-19(15,16)8-4-9/h9,14H,1-8H2,(H3,12,13). The van der Waals surface area contributed by atoms with E-state index >= 15 is 0 Å². The van der Waals surface area contributed by atoms with Crippen molar-refractivity contribution in [2.45, 2.75) is 49.3 Å². The second-order valence-electron chi connectivity index (χ2n) is 5.70. The normalized spacial score (nSPS) is 26.4. The zero-order valence-corrected chi connectivity index (χ0v) is 12.9. The summed E-state index contributed by atoms with van der Waals surface area (Å²) in [7, 11) is -6.75. The Bertz CT molecular complexity index is 577. The van der Waals surface area contributed by atoms with Crippen LogP contribution in [0.15, 0.2) is 0 Å². The van der Waals surface area contributed by atoms with Crippen LogP contribution in [-0.2, 0) is 19.9 Å². The second kappa shape index (κ2) is 5.27. The highest BCUT2D eigenvalue weighted by molar-refractivity contribution is 7.92. The third kappa shape index (κ3) is 3.15. The summed E-state index contributed by atoms with van der Waals surface area (Å²) in [4.78, 5) is 0. The molecule has 116 valence electrons. The number of sulfone groups is 1. The van der Waals surface area contributed by atoms with Crippen LogP contribution < -0.4 is 10.5 Å². The molecule has 2 aliphatic rings. The summed E-state index contributed by atoms with van der Waals surface area (Å²) in [6, 6.07) is 0. The predicted octanol–water partition coefficient (Wildman–Crippen LogP) is -0.268. The molecule has 0 atom stereocenters. The first kappa shape index (κ1) is 15.7. The average molecular weight is 323 g/mol. The van der Waals surface area contributed by atoms with E-state index in [-0.39, 0.29) is 30.2 Å². The Balaban J connectivity index is 2.13. The minimum Gasteiger partial charge on any atom is -0.386 e. The van der Waals surface area contributed by atoms with E-state index in [0.29, 0.717) is 12.8 Å². The van der Waals surface area contributed by atoms with E-state index < -0.39 is 30.6 Å². The molecule has 2 fully saturated rings. The number of nitrogens with two attached hydrogens (primary N) is 1. The lowest BCUT2D eigenvalue weighted by molar-refractivity contribution is 0.482. The van der Waals surface area contributed by atoms with E-state index in [0.717, 1.165) is 12.8 Å². The zero-order valence-electron chi connectivity index (χ0n) is 11.3. The van der Waals surface area contributed by atoms with Gasteiger partial charge in [0.05, 0.1) is 22.3 Å². The molecule has 1 aliphatic heterocycles. The van der Waals surface area contributed by atoms with E-state index in [1.165, 1.54) is 0 Å². The number of sulfonamides is 1. The highest BCUT2D eigenvalue weighted by atomic mass is 32.2. The van der Waals surface area contributed by atoms with Crippen LogP contribution in [0.5, 0.6) is 0 Å². The summed E-state index contributed by atoms with van der Waals surface area (Å²) in [5, 5.41) is 6.95. The molecule has 1 heterocycles. The third-order valence-corrected chi connectivity index (χ3v) is 7.99. The Labute approximate surface area is 119 Å². The Kier molecular flexibility index (Phi) is 4.14. The largest absolute Gasteiger partial charge is 0.386 e. The molecule has 0 aromatic rings. The molecule has 1 aliphatic carbocycles. The van der Waals surface area contributed by atoms with Gasteiger partial charge in [0, 0.05) is 0 Å². The van der Waals surface area contributed by atoms with Gasteiger partial charge in [0.2, 0.25) is 10.0 Å². The van der Waals surface area contributed by atoms with Gasteiger partial charge in [0.1, 0.15) is 15.7 Å². The lowest BCUT2D eigenvalue weighted by atomic mass is 9.98. The molecule has 0 aromatic heterocycles. The molecule has 2 rings (SSSR count). The van der Waals surface area contributed by atoms with Gasteiger partial charge in [-0.25, -0.2) is 21.6 Å². The highest BCUT2D eigenvalue weighted by Gasteiger charge is 2.43. The Morgan fingerprint density at radius 2 is 1.70 bits per heavy atom. The van der Waals surface area contributed by atoms with E-state index in [4.69, 9.17) is 11.1 Å². The summed E-state index contributed by atoms with van der Waals surface area (Å²) in [5.41, 5.74) is 4.61. The quantitative estimate of drug-likeness (QED) is 0.484. The monoisotopic (exact) mass is 323 g/mol. The molecule has 9 heteroatoms. The Morgan fingerprint density at radius 1 is 1.20 bits per heavy atom. The zero-order chi connectivity index (χ0) is 15.0. The average Bonchev–Trinajstić information content (AvgIpc) is 2.77. The van der Waals surface area contributed by atoms with Gasteiger partial charge in [-0.05, 0) is 25.7 Å². The van der Waals surface area contributed by atoms with Crippen LogP contribution in [0.25, 0.3) is 0 Å². The number of rotatable bonds is 4. The Hall–Kier alpha value is -0.670. The van der Waals surface area contributed by atoms with Gasteiger partial charge in [0.15, 0.2) is 0 Å². The number of hydrogen-bond acceptors (Lipinski definition) is 5. The molecule has 4 N–H and O–H groups in total. The van der Waals surface area contributed by atoms with E-state index in [1.807, 2.05) is 0 Å². The molecule has 0 radical (unpaired) electrons. The topological polar surface area (TPSA) is 130 Å². The van der Waals surface area contributed by atoms with Gasteiger partial charge in [-0.3, -0.25) is 5.41 Å². The minimum atomic E-state index is -3.66. The van der Waals surface area contributed by atoms with Crippen molar-refractivity contribution < 1.29 is 16.8 Å². The van der Waals surface area contributed by atoms with Crippen LogP contribution in [-0.4, -0.2) is 45.0 Å². The molecule has 1 saturated carbocycles. The van der Waals surface area contributed by atoms with Crippen LogP contribution in [0.2, 0.25) is 0 Å². The summed E-state index contributed by atoms with van der Waals surface area (Å²) >= 11 is 0. The predicted molar refractivity (Wildman–Crippen MR) is 76.8 cm³/mol. The van der Waals surface area contributed by atoms with Crippen LogP contribution in [0, 0.1) is 5.41 Å². The van der Waals surface area contributed by atoms with Gasteiger partial charge in [-0.2, -0.15) is 0 Å². The maximum absolute atomic E-state index is 12.4. The minimum absolute atomic E-state index is 0.0916. The van der Waals surface area contributed by atoms with Crippen molar-refractivity contribution in [1.82, 2.24) is 4.72 Å². The van der Waals surface area contributed by atoms with E-state index in [9.17, 15) is 16.8 Å². The highest BCUT2D eigenvalue weighted by Crippen LogP contribution is 2.31. The summed E-state index contributed by atoms with van der Waals surface area (Å²) < 4.78 is 50.1. The van der Waals surface area contributed by atoms with Crippen molar-refractivity contribution >= 4 is 25.7 Å². The molecule has 7 nitrogen and oxygen atoms in total. The molecular formula is C11H21N3O4S2. The van der Waals surface area contributed by atoms with E-state index in [1.54, 1.807) is 0 Å². The van der Waals surface area contributed by atoms with E-state index in [2.05, 4.69) is 4.72 Å². The van der Waals surface area contributed by atoms with Gasteiger partial charge >= 0.3 is 0 Å². The van der Waals surface area contributed by atoms with Gasteiger partial charge in [-0.1, -0.05) is 12.8 Å². The van der Waals surface area contributed by atoms with Crippen molar-refractivity contribution in [1.29, 1.82) is 5.41 Å². The molecule has 1 saturated heterocycles. The Morgan fingerprint density at radius 3 is 2.15 bits per heavy atom. The molecule has 0 amide bonds. The lowest BCUT2D eigenvalue weighted by Crippen LogP contribution is -2.57. The fourth-order valence-corrected chi connectivity index (χ4v) is 6.61. The van der Waals surface area contributed by atoms with Gasteiger partial charge in [-0.15, -0.1) is 0 Å². The van der Waals surface area contributed by atoms with Gasteiger partial charge < -0.3 is 5.73 Å². The van der Waals surface area contributed by atoms with Crippen molar-refractivity contribution in [3.05, 3.63) is 0 Å². The van der Waals surface area contributed by atoms with Crippen LogP contribution in [0.4, 0.5) is 0 Å². The molecule has 0 unspecified atom stereocenters. The van der Waals surface area contributed by atoms with Gasteiger partial charge in [0.25, 0.3) is 0 Å². The SMILES string of the molecule is N=C(N)C1(NS(=O)(=O)C2CCS(=O)(=O)CC2)CCCC1. The maximum Gasteiger partial charge on any atom is 0.215 e. The lowest BCUT2D eigenvalue weighted by Gasteiger charge is -2.32. The summed E-state index contributed by atoms with van der Waals surface area (Å²) in [6.45, 7) is 0. The summed E-state index contributed by atoms with van der Waals surface area (Å²) in [6.07, 6.45) is 2.97. The first-order chi connectivity index (χ1) is 9.17. The fourth-order valence-electron chi connectivity index (χ4n) is 2.94. The second-order valence-corrected chi connectivity index (χ2v) is 9.97. The molecule has 20 heavy (non-hydrogen) atoms.